The van der Waals surface area contributed by atoms with Crippen molar-refractivity contribution in [3.8, 4) is 0 Å². The monoisotopic (exact) mass is 656 g/mol. The number of aromatic nitrogens is 2. The normalized spacial score (nSPS) is 12.9. The summed E-state index contributed by atoms with van der Waals surface area (Å²) in [6, 6.07) is 9.16. The van der Waals surface area contributed by atoms with Gasteiger partial charge in [-0.2, -0.15) is 26.3 Å². The molecule has 2 aromatic heterocycles. The fourth-order valence-electron chi connectivity index (χ4n) is 3.66. The van der Waals surface area contributed by atoms with Crippen LogP contribution in [-0.2, 0) is 44.9 Å². The molecule has 0 unspecified atom stereocenters. The SMILES string of the molecule is O=S(=O)(CCOCc1coc(/C=C/c2ccc(C(F)(F)F)cc2)n1)CCOCc1coc(/C=C/c2ccc(C(F)(F)F)cc2)n1. The third-order valence-corrected chi connectivity index (χ3v) is 7.61. The van der Waals surface area contributed by atoms with E-state index in [-0.39, 0.29) is 49.7 Å². The molecule has 0 radical (unpaired) electrons. The van der Waals surface area contributed by atoms with Crippen molar-refractivity contribution in [2.45, 2.75) is 25.6 Å². The molecule has 0 N–H and O–H groups in total. The van der Waals surface area contributed by atoms with E-state index in [2.05, 4.69) is 9.97 Å². The average Bonchev–Trinajstić information content (AvgIpc) is 3.64. The largest absolute Gasteiger partial charge is 0.445 e. The molecule has 0 saturated heterocycles. The summed E-state index contributed by atoms with van der Waals surface area (Å²) in [6.07, 6.45) is -0.129. The number of oxazole rings is 2. The molecule has 0 fully saturated rings. The first-order valence-electron chi connectivity index (χ1n) is 13.2. The molecule has 4 rings (SSSR count). The zero-order valence-corrected chi connectivity index (χ0v) is 24.2. The number of alkyl halides is 6. The van der Waals surface area contributed by atoms with Crippen LogP contribution in [0.25, 0.3) is 24.3 Å². The standard InChI is InChI=1S/C30H26F6N2O6S/c31-29(32,33)23-7-1-21(2-8-23)5-11-27-37-25(19-43-27)17-41-13-15-45(39,40)16-14-42-18-26-20-44-28(38-26)12-6-22-3-9-24(10-4-22)30(34,35)36/h1-12,19-20H,13-18H2/b11-5+,12-6+. The van der Waals surface area contributed by atoms with E-state index in [9.17, 15) is 34.8 Å². The van der Waals surface area contributed by atoms with Crippen molar-refractivity contribution < 1.29 is 53.1 Å². The Morgan fingerprint density at radius 2 is 1.00 bits per heavy atom. The Morgan fingerprint density at radius 1 is 0.622 bits per heavy atom. The Kier molecular flexibility index (Phi) is 11.0. The fraction of sp³-hybridized carbons (Fsp3) is 0.267. The van der Waals surface area contributed by atoms with Gasteiger partial charge in [0.15, 0.2) is 9.84 Å². The van der Waals surface area contributed by atoms with Gasteiger partial charge in [-0.1, -0.05) is 24.3 Å². The molecule has 15 heteroatoms. The van der Waals surface area contributed by atoms with Gasteiger partial charge >= 0.3 is 12.4 Å². The number of halogens is 6. The molecule has 0 amide bonds. The van der Waals surface area contributed by atoms with Gasteiger partial charge in [0.05, 0.1) is 49.1 Å². The lowest BCUT2D eigenvalue weighted by Gasteiger charge is -2.05. The Morgan fingerprint density at radius 3 is 1.36 bits per heavy atom. The third-order valence-electron chi connectivity index (χ3n) is 6.03. The molecule has 0 atom stereocenters. The molecule has 0 aliphatic carbocycles. The molecule has 240 valence electrons. The Bertz CT molecular complexity index is 1570. The van der Waals surface area contributed by atoms with Gasteiger partial charge in [0.1, 0.15) is 23.9 Å². The molecule has 0 aliphatic rings. The van der Waals surface area contributed by atoms with Gasteiger partial charge < -0.3 is 18.3 Å². The quantitative estimate of drug-likeness (QED) is 0.104. The van der Waals surface area contributed by atoms with E-state index in [1.807, 2.05) is 0 Å². The zero-order chi connectivity index (χ0) is 32.5. The van der Waals surface area contributed by atoms with Crippen molar-refractivity contribution in [1.82, 2.24) is 9.97 Å². The number of hydrogen-bond donors (Lipinski definition) is 0. The molecular formula is C30H26F6N2O6S. The summed E-state index contributed by atoms with van der Waals surface area (Å²) in [5.74, 6) is -0.101. The summed E-state index contributed by atoms with van der Waals surface area (Å²) in [7, 11) is -3.48. The van der Waals surface area contributed by atoms with Crippen molar-refractivity contribution in [1.29, 1.82) is 0 Å². The van der Waals surface area contributed by atoms with Gasteiger partial charge in [-0.3, -0.25) is 0 Å². The summed E-state index contributed by atoms with van der Waals surface area (Å²) in [4.78, 5) is 8.32. The van der Waals surface area contributed by atoms with Crippen LogP contribution in [-0.4, -0.2) is 43.1 Å². The van der Waals surface area contributed by atoms with Crippen LogP contribution in [0.5, 0.6) is 0 Å². The van der Waals surface area contributed by atoms with Crippen LogP contribution in [0, 0.1) is 0 Å². The van der Waals surface area contributed by atoms with Gasteiger partial charge in [0.25, 0.3) is 0 Å². The van der Waals surface area contributed by atoms with Crippen molar-refractivity contribution in [2.75, 3.05) is 24.7 Å². The van der Waals surface area contributed by atoms with E-state index in [1.54, 1.807) is 0 Å². The second-order valence-corrected chi connectivity index (χ2v) is 11.8. The van der Waals surface area contributed by atoms with E-state index in [0.717, 1.165) is 24.3 Å². The molecule has 8 nitrogen and oxygen atoms in total. The molecular weight excluding hydrogens is 630 g/mol. The molecule has 0 aliphatic heterocycles. The van der Waals surface area contributed by atoms with Crippen molar-refractivity contribution in [2.24, 2.45) is 0 Å². The second kappa shape index (κ2) is 14.7. The average molecular weight is 657 g/mol. The first kappa shape index (κ1) is 33.7. The molecule has 0 saturated carbocycles. The number of nitrogens with zero attached hydrogens (tertiary/aromatic N) is 2. The molecule has 0 spiro atoms. The van der Waals surface area contributed by atoms with E-state index < -0.39 is 33.3 Å². The van der Waals surface area contributed by atoms with Gasteiger partial charge in [-0.15, -0.1) is 0 Å². The lowest BCUT2D eigenvalue weighted by molar-refractivity contribution is -0.138. The molecule has 0 bridgehead atoms. The second-order valence-electron chi connectivity index (χ2n) is 9.52. The first-order chi connectivity index (χ1) is 21.3. The smallest absolute Gasteiger partial charge is 0.416 e. The maximum Gasteiger partial charge on any atom is 0.416 e. The Labute approximate surface area is 253 Å². The van der Waals surface area contributed by atoms with Crippen LogP contribution in [0.3, 0.4) is 0 Å². The van der Waals surface area contributed by atoms with E-state index in [0.29, 0.717) is 22.5 Å². The summed E-state index contributed by atoms with van der Waals surface area (Å²) in [6.45, 7) is -0.204. The number of rotatable bonds is 14. The van der Waals surface area contributed by atoms with Crippen LogP contribution in [0.15, 0.2) is 69.9 Å². The van der Waals surface area contributed by atoms with Crippen molar-refractivity contribution in [3.63, 3.8) is 0 Å². The molecule has 4 aromatic rings. The van der Waals surface area contributed by atoms with Crippen LogP contribution in [0.2, 0.25) is 0 Å². The maximum absolute atomic E-state index is 12.7. The lowest BCUT2D eigenvalue weighted by Crippen LogP contribution is -2.19. The highest BCUT2D eigenvalue weighted by Gasteiger charge is 2.30. The summed E-state index contributed by atoms with van der Waals surface area (Å²) in [5.41, 5.74) is 0.351. The number of hydrogen-bond acceptors (Lipinski definition) is 8. The summed E-state index contributed by atoms with van der Waals surface area (Å²) >= 11 is 0. The van der Waals surface area contributed by atoms with Gasteiger partial charge in [-0.05, 0) is 47.5 Å². The predicted molar refractivity (Wildman–Crippen MR) is 152 cm³/mol. The minimum Gasteiger partial charge on any atom is -0.445 e. The molecule has 2 aromatic carbocycles. The Balaban J connectivity index is 1.11. The Hall–Kier alpha value is -4.21. The van der Waals surface area contributed by atoms with Gasteiger partial charge in [-0.25, -0.2) is 18.4 Å². The van der Waals surface area contributed by atoms with Crippen LogP contribution in [0.4, 0.5) is 26.3 Å². The van der Waals surface area contributed by atoms with Gasteiger partial charge in [0.2, 0.25) is 11.8 Å². The zero-order valence-electron chi connectivity index (χ0n) is 23.3. The highest BCUT2D eigenvalue weighted by atomic mass is 32.2. The number of benzene rings is 2. The number of ether oxygens (including phenoxy) is 2. The highest BCUT2D eigenvalue weighted by Crippen LogP contribution is 2.30. The van der Waals surface area contributed by atoms with Crippen molar-refractivity contribution in [3.05, 3.63) is 106 Å². The van der Waals surface area contributed by atoms with Crippen LogP contribution >= 0.6 is 0 Å². The minimum absolute atomic E-state index is 0.00849. The molecule has 2 heterocycles. The number of sulfone groups is 1. The lowest BCUT2D eigenvalue weighted by atomic mass is 10.1. The van der Waals surface area contributed by atoms with E-state index in [1.165, 1.54) is 61.1 Å². The van der Waals surface area contributed by atoms with Crippen LogP contribution < -0.4 is 0 Å². The van der Waals surface area contributed by atoms with E-state index >= 15 is 0 Å². The predicted octanol–water partition coefficient (Wildman–Crippen LogP) is 7.19. The fourth-order valence-corrected chi connectivity index (χ4v) is 4.61. The first-order valence-corrected chi connectivity index (χ1v) is 15.0. The minimum atomic E-state index is -4.41. The summed E-state index contributed by atoms with van der Waals surface area (Å²) < 4.78 is 122. The van der Waals surface area contributed by atoms with Crippen molar-refractivity contribution >= 4 is 34.1 Å². The topological polar surface area (TPSA) is 105 Å². The maximum atomic E-state index is 12.7. The third kappa shape index (κ3) is 11.0. The summed E-state index contributed by atoms with van der Waals surface area (Å²) in [5, 5.41) is 0. The van der Waals surface area contributed by atoms with E-state index in [4.69, 9.17) is 18.3 Å². The van der Waals surface area contributed by atoms with Crippen LogP contribution in [0.1, 0.15) is 45.4 Å². The highest BCUT2D eigenvalue weighted by molar-refractivity contribution is 7.91. The molecule has 45 heavy (non-hydrogen) atoms. The van der Waals surface area contributed by atoms with Gasteiger partial charge in [0, 0.05) is 12.2 Å².